The summed E-state index contributed by atoms with van der Waals surface area (Å²) >= 11 is 1.50. The Morgan fingerprint density at radius 2 is 2.11 bits per heavy atom. The summed E-state index contributed by atoms with van der Waals surface area (Å²) in [4.78, 5) is 20.4. The molecule has 0 radical (unpaired) electrons. The Bertz CT molecular complexity index is 1210. The Morgan fingerprint density at radius 1 is 1.25 bits per heavy atom. The molecule has 0 aliphatic carbocycles. The lowest BCUT2D eigenvalue weighted by molar-refractivity contribution is 0.305. The van der Waals surface area contributed by atoms with Gasteiger partial charge in [0.15, 0.2) is 11.6 Å². The molecule has 0 saturated carbocycles. The van der Waals surface area contributed by atoms with Gasteiger partial charge in [-0.25, -0.2) is 19.2 Å². The van der Waals surface area contributed by atoms with Crippen LogP contribution in [0, 0.1) is 12.7 Å². The number of thiazole rings is 1. The minimum atomic E-state index is -0.618. The van der Waals surface area contributed by atoms with Crippen molar-refractivity contribution in [3.63, 3.8) is 0 Å². The summed E-state index contributed by atoms with van der Waals surface area (Å²) in [5.41, 5.74) is 6.82. The molecule has 1 aromatic carbocycles. The van der Waals surface area contributed by atoms with Gasteiger partial charge in [0.25, 0.3) is 0 Å². The monoisotopic (exact) mass is 397 g/mol. The van der Waals surface area contributed by atoms with E-state index in [1.807, 2.05) is 18.4 Å². The fourth-order valence-corrected chi connectivity index (χ4v) is 3.49. The van der Waals surface area contributed by atoms with Crippen LogP contribution in [0.15, 0.2) is 51.3 Å². The minimum Gasteiger partial charge on any atom is -0.486 e. The van der Waals surface area contributed by atoms with Crippen molar-refractivity contribution < 1.29 is 13.5 Å². The first-order chi connectivity index (χ1) is 13.5. The number of rotatable bonds is 5. The molecule has 0 bridgehead atoms. The smallest absolute Gasteiger partial charge is 0.340 e. The fraction of sp³-hybridized carbons (Fsp3) is 0.150. The standard InChI is InChI=1S/C20H16FN3O3S/c1-11-14-3-2-13(26-10-17-23-6-7-28-17)9-16(14)27-20(25)15(11)8-12-4-5-24-19(22)18(12)21/h2-7,9H,8,10H2,1H3,(H2,22,24). The Labute approximate surface area is 163 Å². The average Bonchev–Trinajstić information content (AvgIpc) is 3.20. The minimum absolute atomic E-state index is 0.0744. The number of aryl methyl sites for hydroxylation is 1. The molecule has 0 unspecified atom stereocenters. The van der Waals surface area contributed by atoms with E-state index in [4.69, 9.17) is 14.9 Å². The number of aromatic nitrogens is 2. The zero-order valence-electron chi connectivity index (χ0n) is 14.9. The number of nitrogens with two attached hydrogens (primary N) is 1. The van der Waals surface area contributed by atoms with Gasteiger partial charge in [-0.05, 0) is 36.2 Å². The lowest BCUT2D eigenvalue weighted by Gasteiger charge is -2.10. The maximum Gasteiger partial charge on any atom is 0.340 e. The maximum absolute atomic E-state index is 14.2. The molecule has 0 aliphatic heterocycles. The number of halogens is 1. The zero-order valence-corrected chi connectivity index (χ0v) is 15.8. The van der Waals surface area contributed by atoms with Crippen molar-refractivity contribution in [2.45, 2.75) is 20.0 Å². The van der Waals surface area contributed by atoms with Crippen LogP contribution in [0.1, 0.15) is 21.7 Å². The van der Waals surface area contributed by atoms with Crippen LogP contribution in [-0.2, 0) is 13.0 Å². The van der Waals surface area contributed by atoms with Crippen molar-refractivity contribution >= 4 is 28.1 Å². The SMILES string of the molecule is Cc1c(Cc2ccnc(N)c2F)c(=O)oc2cc(OCc3nccs3)ccc12. The fourth-order valence-electron chi connectivity index (χ4n) is 2.97. The van der Waals surface area contributed by atoms with Gasteiger partial charge in [-0.3, -0.25) is 0 Å². The quantitative estimate of drug-likeness (QED) is 0.515. The van der Waals surface area contributed by atoms with Gasteiger partial charge in [0.1, 0.15) is 22.9 Å². The Hall–Kier alpha value is -3.26. The number of hydrogen-bond donors (Lipinski definition) is 1. The number of fused-ring (bicyclic) bond motifs is 1. The highest BCUT2D eigenvalue weighted by Gasteiger charge is 2.16. The molecule has 0 saturated heterocycles. The highest BCUT2D eigenvalue weighted by molar-refractivity contribution is 7.09. The number of benzene rings is 1. The summed E-state index contributed by atoms with van der Waals surface area (Å²) in [6, 6.07) is 6.81. The van der Waals surface area contributed by atoms with Gasteiger partial charge in [0.05, 0.1) is 0 Å². The molecule has 0 spiro atoms. The highest BCUT2D eigenvalue weighted by atomic mass is 32.1. The van der Waals surface area contributed by atoms with Crippen LogP contribution in [0.5, 0.6) is 5.75 Å². The van der Waals surface area contributed by atoms with Crippen LogP contribution in [0.4, 0.5) is 10.2 Å². The number of ether oxygens (including phenoxy) is 1. The summed E-state index contributed by atoms with van der Waals surface area (Å²) in [6.45, 7) is 2.15. The molecule has 6 nitrogen and oxygen atoms in total. The molecule has 3 aromatic heterocycles. The summed E-state index contributed by atoms with van der Waals surface area (Å²) in [6.07, 6.45) is 3.20. The predicted molar refractivity (Wildman–Crippen MR) is 105 cm³/mol. The van der Waals surface area contributed by atoms with Crippen molar-refractivity contribution in [2.24, 2.45) is 0 Å². The van der Waals surface area contributed by atoms with Crippen molar-refractivity contribution in [1.29, 1.82) is 0 Å². The molecule has 0 amide bonds. The van der Waals surface area contributed by atoms with Gasteiger partial charge >= 0.3 is 5.63 Å². The molecule has 142 valence electrons. The average molecular weight is 397 g/mol. The molecular weight excluding hydrogens is 381 g/mol. The van der Waals surface area contributed by atoms with Gasteiger partial charge in [0.2, 0.25) is 0 Å². The van der Waals surface area contributed by atoms with E-state index in [9.17, 15) is 9.18 Å². The van der Waals surface area contributed by atoms with Crippen molar-refractivity contribution in [3.05, 3.63) is 80.0 Å². The van der Waals surface area contributed by atoms with E-state index in [0.29, 0.717) is 29.1 Å². The summed E-state index contributed by atoms with van der Waals surface area (Å²) in [7, 11) is 0. The van der Waals surface area contributed by atoms with E-state index in [2.05, 4.69) is 9.97 Å². The Morgan fingerprint density at radius 3 is 2.89 bits per heavy atom. The Kier molecular flexibility index (Phi) is 4.79. The summed E-state index contributed by atoms with van der Waals surface area (Å²) in [5.74, 6) is -0.236. The lowest BCUT2D eigenvalue weighted by atomic mass is 10.00. The number of anilines is 1. The molecule has 3 heterocycles. The molecule has 2 N–H and O–H groups in total. The molecule has 8 heteroatoms. The molecule has 4 rings (SSSR count). The second-order valence-electron chi connectivity index (χ2n) is 6.21. The molecule has 0 fully saturated rings. The third-order valence-electron chi connectivity index (χ3n) is 4.47. The largest absolute Gasteiger partial charge is 0.486 e. The first kappa shape index (κ1) is 18.1. The predicted octanol–water partition coefficient (Wildman–Crippen LogP) is 3.84. The topological polar surface area (TPSA) is 91.2 Å². The van der Waals surface area contributed by atoms with Gasteiger partial charge < -0.3 is 14.9 Å². The van der Waals surface area contributed by atoms with E-state index < -0.39 is 11.4 Å². The zero-order chi connectivity index (χ0) is 19.7. The van der Waals surface area contributed by atoms with Gasteiger partial charge in [0, 0.05) is 41.2 Å². The molecular formula is C20H16FN3O3S. The maximum atomic E-state index is 14.2. The molecule has 28 heavy (non-hydrogen) atoms. The van der Waals surface area contributed by atoms with Crippen LogP contribution >= 0.6 is 11.3 Å². The van der Waals surface area contributed by atoms with Crippen LogP contribution < -0.4 is 16.1 Å². The van der Waals surface area contributed by atoms with E-state index in [1.54, 1.807) is 18.3 Å². The van der Waals surface area contributed by atoms with E-state index >= 15 is 0 Å². The number of nitrogen functional groups attached to an aromatic ring is 1. The summed E-state index contributed by atoms with van der Waals surface area (Å²) in [5, 5.41) is 3.49. The van der Waals surface area contributed by atoms with Crippen LogP contribution in [0.3, 0.4) is 0 Å². The van der Waals surface area contributed by atoms with E-state index in [1.165, 1.54) is 23.6 Å². The third-order valence-corrected chi connectivity index (χ3v) is 5.22. The molecule has 4 aromatic rings. The first-order valence-electron chi connectivity index (χ1n) is 8.49. The second kappa shape index (κ2) is 7.40. The number of nitrogens with zero attached hydrogens (tertiary/aromatic N) is 2. The first-order valence-corrected chi connectivity index (χ1v) is 9.37. The van der Waals surface area contributed by atoms with Gasteiger partial charge in [-0.15, -0.1) is 11.3 Å². The van der Waals surface area contributed by atoms with Gasteiger partial charge in [-0.1, -0.05) is 0 Å². The van der Waals surface area contributed by atoms with Gasteiger partial charge in [-0.2, -0.15) is 0 Å². The number of pyridine rings is 1. The van der Waals surface area contributed by atoms with E-state index in [0.717, 1.165) is 16.0 Å². The Balaban J connectivity index is 1.67. The number of hydrogen-bond acceptors (Lipinski definition) is 7. The lowest BCUT2D eigenvalue weighted by Crippen LogP contribution is -2.12. The van der Waals surface area contributed by atoms with Crippen molar-refractivity contribution in [3.8, 4) is 5.75 Å². The van der Waals surface area contributed by atoms with E-state index in [-0.39, 0.29) is 12.2 Å². The molecule has 0 atom stereocenters. The van der Waals surface area contributed by atoms with Crippen molar-refractivity contribution in [1.82, 2.24) is 9.97 Å². The van der Waals surface area contributed by atoms with Crippen LogP contribution in [0.25, 0.3) is 11.0 Å². The normalized spacial score (nSPS) is 11.1. The van der Waals surface area contributed by atoms with Crippen molar-refractivity contribution in [2.75, 3.05) is 5.73 Å². The highest BCUT2D eigenvalue weighted by Crippen LogP contribution is 2.26. The second-order valence-corrected chi connectivity index (χ2v) is 7.19. The van der Waals surface area contributed by atoms with Crippen LogP contribution in [-0.4, -0.2) is 9.97 Å². The third kappa shape index (κ3) is 3.46. The summed E-state index contributed by atoms with van der Waals surface area (Å²) < 4.78 is 25.4. The molecule has 0 aliphatic rings. The van der Waals surface area contributed by atoms with Crippen LogP contribution in [0.2, 0.25) is 0 Å².